The number of anilines is 1. The SMILES string of the molecule is CCCCc1ccc(CC(=O)Nc2ccc(F)cc2C(F)(F)F)cc1. The van der Waals surface area contributed by atoms with E-state index in [0.717, 1.165) is 37.0 Å². The Morgan fingerprint density at radius 3 is 2.28 bits per heavy atom. The predicted octanol–water partition coefficient (Wildman–Crippen LogP) is 5.37. The molecule has 0 aliphatic rings. The van der Waals surface area contributed by atoms with Gasteiger partial charge < -0.3 is 5.32 Å². The molecule has 6 heteroatoms. The molecule has 1 N–H and O–H groups in total. The quantitative estimate of drug-likeness (QED) is 0.695. The topological polar surface area (TPSA) is 29.1 Å². The Morgan fingerprint density at radius 2 is 1.68 bits per heavy atom. The van der Waals surface area contributed by atoms with Crippen LogP contribution in [0.3, 0.4) is 0 Å². The minimum absolute atomic E-state index is 0.0528. The average Bonchev–Trinajstić information content (AvgIpc) is 2.55. The number of hydrogen-bond donors (Lipinski definition) is 1. The lowest BCUT2D eigenvalue weighted by Crippen LogP contribution is -2.18. The maximum absolute atomic E-state index is 13.1. The molecule has 0 heterocycles. The van der Waals surface area contributed by atoms with Crippen molar-refractivity contribution < 1.29 is 22.4 Å². The summed E-state index contributed by atoms with van der Waals surface area (Å²) >= 11 is 0. The Bertz CT molecular complexity index is 723. The van der Waals surface area contributed by atoms with E-state index in [9.17, 15) is 22.4 Å². The Kier molecular flexibility index (Phi) is 6.17. The average molecular weight is 353 g/mol. The van der Waals surface area contributed by atoms with Gasteiger partial charge in [0.1, 0.15) is 5.82 Å². The number of alkyl halides is 3. The van der Waals surface area contributed by atoms with Gasteiger partial charge in [-0.1, -0.05) is 37.6 Å². The maximum atomic E-state index is 13.1. The minimum atomic E-state index is -4.74. The fraction of sp³-hybridized carbons (Fsp3) is 0.316. The van der Waals surface area contributed by atoms with Gasteiger partial charge in [-0.05, 0) is 42.2 Å². The van der Waals surface area contributed by atoms with Crippen LogP contribution in [0.15, 0.2) is 42.5 Å². The number of rotatable bonds is 6. The van der Waals surface area contributed by atoms with Crippen LogP contribution < -0.4 is 5.32 Å². The van der Waals surface area contributed by atoms with Crippen LogP contribution in [-0.4, -0.2) is 5.91 Å². The van der Waals surface area contributed by atoms with Gasteiger partial charge in [0.15, 0.2) is 0 Å². The number of benzene rings is 2. The first-order valence-corrected chi connectivity index (χ1v) is 8.04. The van der Waals surface area contributed by atoms with E-state index < -0.39 is 29.2 Å². The van der Waals surface area contributed by atoms with Crippen molar-refractivity contribution in [1.29, 1.82) is 0 Å². The van der Waals surface area contributed by atoms with E-state index >= 15 is 0 Å². The minimum Gasteiger partial charge on any atom is -0.325 e. The van der Waals surface area contributed by atoms with Crippen LogP contribution in [0.4, 0.5) is 23.2 Å². The molecule has 0 atom stereocenters. The molecule has 0 aliphatic carbocycles. The maximum Gasteiger partial charge on any atom is 0.418 e. The molecule has 0 radical (unpaired) electrons. The molecule has 0 saturated carbocycles. The first-order chi connectivity index (χ1) is 11.8. The molecule has 0 fully saturated rings. The third-order valence-corrected chi connectivity index (χ3v) is 3.77. The summed E-state index contributed by atoms with van der Waals surface area (Å²) in [5, 5.41) is 2.22. The molecule has 0 aliphatic heterocycles. The Hall–Kier alpha value is -2.37. The van der Waals surface area contributed by atoms with E-state index in [-0.39, 0.29) is 6.42 Å². The highest BCUT2D eigenvalue weighted by Crippen LogP contribution is 2.35. The predicted molar refractivity (Wildman–Crippen MR) is 88.8 cm³/mol. The number of aryl methyl sites for hydroxylation is 1. The molecule has 2 aromatic rings. The lowest BCUT2D eigenvalue weighted by molar-refractivity contribution is -0.137. The number of carbonyl (C=O) groups excluding carboxylic acids is 1. The van der Waals surface area contributed by atoms with Gasteiger partial charge in [-0.3, -0.25) is 4.79 Å². The van der Waals surface area contributed by atoms with Gasteiger partial charge in [-0.2, -0.15) is 13.2 Å². The summed E-state index contributed by atoms with van der Waals surface area (Å²) in [4.78, 5) is 12.0. The second-order valence-electron chi connectivity index (χ2n) is 5.83. The Morgan fingerprint density at radius 1 is 1.04 bits per heavy atom. The smallest absolute Gasteiger partial charge is 0.325 e. The standard InChI is InChI=1S/C19H19F4NO/c1-2-3-4-13-5-7-14(8-6-13)11-18(25)24-17-10-9-15(20)12-16(17)19(21,22)23/h5-10,12H,2-4,11H2,1H3,(H,24,25). The summed E-state index contributed by atoms with van der Waals surface area (Å²) in [7, 11) is 0. The monoisotopic (exact) mass is 353 g/mol. The van der Waals surface area contributed by atoms with E-state index in [1.807, 2.05) is 12.1 Å². The summed E-state index contributed by atoms with van der Waals surface area (Å²) in [5.41, 5.74) is 0.214. The fourth-order valence-corrected chi connectivity index (χ4v) is 2.44. The Balaban J connectivity index is 2.05. The number of unbranched alkanes of at least 4 members (excludes halogenated alkanes) is 1. The summed E-state index contributed by atoms with van der Waals surface area (Å²) < 4.78 is 51.9. The van der Waals surface area contributed by atoms with Crippen molar-refractivity contribution in [3.05, 3.63) is 65.0 Å². The van der Waals surface area contributed by atoms with Crippen LogP contribution in [0.2, 0.25) is 0 Å². The highest BCUT2D eigenvalue weighted by atomic mass is 19.4. The van der Waals surface area contributed by atoms with Crippen LogP contribution in [-0.2, 0) is 23.8 Å². The molecule has 0 saturated heterocycles. The summed E-state index contributed by atoms with van der Waals surface area (Å²) in [6, 6.07) is 9.59. The van der Waals surface area contributed by atoms with Crippen molar-refractivity contribution in [2.24, 2.45) is 0 Å². The molecule has 2 rings (SSSR count). The lowest BCUT2D eigenvalue weighted by Gasteiger charge is -2.14. The van der Waals surface area contributed by atoms with Gasteiger partial charge in [-0.25, -0.2) is 4.39 Å². The van der Waals surface area contributed by atoms with Crippen LogP contribution in [0.1, 0.15) is 36.5 Å². The third-order valence-electron chi connectivity index (χ3n) is 3.77. The first-order valence-electron chi connectivity index (χ1n) is 8.04. The summed E-state index contributed by atoms with van der Waals surface area (Å²) in [5.74, 6) is -1.59. The fourth-order valence-electron chi connectivity index (χ4n) is 2.44. The normalized spacial score (nSPS) is 11.4. The van der Waals surface area contributed by atoms with Crippen LogP contribution in [0.5, 0.6) is 0 Å². The molecular formula is C19H19F4NO. The van der Waals surface area contributed by atoms with Crippen molar-refractivity contribution in [2.75, 3.05) is 5.32 Å². The second-order valence-corrected chi connectivity index (χ2v) is 5.83. The molecule has 0 bridgehead atoms. The molecule has 2 aromatic carbocycles. The second kappa shape index (κ2) is 8.14. The first kappa shape index (κ1) is 19.0. The van der Waals surface area contributed by atoms with Gasteiger partial charge in [0.2, 0.25) is 5.91 Å². The molecule has 0 aromatic heterocycles. The van der Waals surface area contributed by atoms with Crippen LogP contribution in [0, 0.1) is 5.82 Å². The third kappa shape index (κ3) is 5.59. The summed E-state index contributed by atoms with van der Waals surface area (Å²) in [6.07, 6.45) is -1.68. The molecule has 25 heavy (non-hydrogen) atoms. The zero-order valence-corrected chi connectivity index (χ0v) is 13.8. The largest absolute Gasteiger partial charge is 0.418 e. The van der Waals surface area contributed by atoms with E-state index in [1.54, 1.807) is 12.1 Å². The number of nitrogens with one attached hydrogen (secondary N) is 1. The molecule has 2 nitrogen and oxygen atoms in total. The van der Waals surface area contributed by atoms with E-state index in [4.69, 9.17) is 0 Å². The van der Waals surface area contributed by atoms with E-state index in [0.29, 0.717) is 11.6 Å². The molecule has 0 spiro atoms. The van der Waals surface area contributed by atoms with Crippen LogP contribution in [0.25, 0.3) is 0 Å². The van der Waals surface area contributed by atoms with E-state index in [1.165, 1.54) is 0 Å². The van der Waals surface area contributed by atoms with Crippen molar-refractivity contribution in [3.8, 4) is 0 Å². The number of amides is 1. The van der Waals surface area contributed by atoms with Crippen molar-refractivity contribution in [1.82, 2.24) is 0 Å². The Labute approximate surface area is 143 Å². The van der Waals surface area contributed by atoms with Crippen LogP contribution >= 0.6 is 0 Å². The zero-order valence-electron chi connectivity index (χ0n) is 13.8. The van der Waals surface area contributed by atoms with Crippen molar-refractivity contribution in [3.63, 3.8) is 0 Å². The number of carbonyl (C=O) groups is 1. The highest BCUT2D eigenvalue weighted by Gasteiger charge is 2.34. The zero-order chi connectivity index (χ0) is 18.4. The lowest BCUT2D eigenvalue weighted by atomic mass is 10.0. The van der Waals surface area contributed by atoms with Gasteiger partial charge in [-0.15, -0.1) is 0 Å². The molecule has 0 unspecified atom stereocenters. The van der Waals surface area contributed by atoms with Gasteiger partial charge in [0.25, 0.3) is 0 Å². The van der Waals surface area contributed by atoms with Gasteiger partial charge in [0, 0.05) is 0 Å². The number of halogens is 4. The number of hydrogen-bond acceptors (Lipinski definition) is 1. The van der Waals surface area contributed by atoms with Gasteiger partial charge >= 0.3 is 6.18 Å². The molecular weight excluding hydrogens is 334 g/mol. The van der Waals surface area contributed by atoms with Crippen molar-refractivity contribution in [2.45, 2.75) is 38.8 Å². The van der Waals surface area contributed by atoms with Crippen molar-refractivity contribution >= 4 is 11.6 Å². The summed E-state index contributed by atoms with van der Waals surface area (Å²) in [6.45, 7) is 2.10. The van der Waals surface area contributed by atoms with E-state index in [2.05, 4.69) is 12.2 Å². The molecule has 134 valence electrons. The molecule has 1 amide bonds. The highest BCUT2D eigenvalue weighted by molar-refractivity contribution is 5.93. The van der Waals surface area contributed by atoms with Gasteiger partial charge in [0.05, 0.1) is 17.7 Å².